The minimum atomic E-state index is -0.451. The predicted molar refractivity (Wildman–Crippen MR) is 97.0 cm³/mol. The van der Waals surface area contributed by atoms with Crippen molar-refractivity contribution in [2.45, 2.75) is 59.0 Å². The van der Waals surface area contributed by atoms with Gasteiger partial charge in [0.15, 0.2) is 0 Å². The molecule has 7 heteroatoms. The van der Waals surface area contributed by atoms with Gasteiger partial charge in [-0.25, -0.2) is 9.78 Å². The number of hydrogen-bond acceptors (Lipinski definition) is 5. The van der Waals surface area contributed by atoms with Gasteiger partial charge in [0, 0.05) is 18.8 Å². The van der Waals surface area contributed by atoms with Crippen LogP contribution >= 0.6 is 11.6 Å². The molecule has 6 nitrogen and oxygen atoms in total. The molecule has 0 N–H and O–H groups in total. The second-order valence-electron chi connectivity index (χ2n) is 7.54. The van der Waals surface area contributed by atoms with Crippen LogP contribution in [-0.4, -0.2) is 46.3 Å². The monoisotopic (exact) mass is 369 g/mol. The maximum absolute atomic E-state index is 12.2. The third-order valence-electron chi connectivity index (χ3n) is 3.96. The standard InChI is InChI=1S/C18H28ClN3O3/c1-13-11-15(19)21-16(20-13)24-10-6-8-14-7-5-9-22(12-14)17(23)25-18(2,3)4/h11,14H,5-10,12H2,1-4H3. The van der Waals surface area contributed by atoms with Crippen molar-refractivity contribution in [2.24, 2.45) is 5.92 Å². The summed E-state index contributed by atoms with van der Waals surface area (Å²) >= 11 is 5.90. The zero-order chi connectivity index (χ0) is 18.4. The Balaban J connectivity index is 1.72. The van der Waals surface area contributed by atoms with Gasteiger partial charge in [-0.2, -0.15) is 4.98 Å². The second kappa shape index (κ2) is 8.70. The van der Waals surface area contributed by atoms with Gasteiger partial charge in [-0.15, -0.1) is 0 Å². The van der Waals surface area contributed by atoms with E-state index in [0.717, 1.165) is 44.5 Å². The van der Waals surface area contributed by atoms with Crippen LogP contribution in [0.2, 0.25) is 5.15 Å². The van der Waals surface area contributed by atoms with Gasteiger partial charge in [-0.05, 0) is 65.4 Å². The largest absolute Gasteiger partial charge is 0.463 e. The van der Waals surface area contributed by atoms with E-state index in [9.17, 15) is 4.79 Å². The third-order valence-corrected chi connectivity index (χ3v) is 4.15. The molecule has 1 aliphatic heterocycles. The van der Waals surface area contributed by atoms with Crippen LogP contribution in [0.4, 0.5) is 4.79 Å². The lowest BCUT2D eigenvalue weighted by Crippen LogP contribution is -2.42. The van der Waals surface area contributed by atoms with Crippen LogP contribution in [-0.2, 0) is 4.74 Å². The average molecular weight is 370 g/mol. The Morgan fingerprint density at radius 1 is 1.40 bits per heavy atom. The van der Waals surface area contributed by atoms with Crippen molar-refractivity contribution in [2.75, 3.05) is 19.7 Å². The molecule has 2 rings (SSSR count). The van der Waals surface area contributed by atoms with Crippen molar-refractivity contribution in [3.05, 3.63) is 16.9 Å². The van der Waals surface area contributed by atoms with Crippen LogP contribution in [0.15, 0.2) is 6.07 Å². The molecule has 2 heterocycles. The van der Waals surface area contributed by atoms with Crippen LogP contribution in [0, 0.1) is 12.8 Å². The summed E-state index contributed by atoms with van der Waals surface area (Å²) in [6.07, 6.45) is 3.82. The fourth-order valence-electron chi connectivity index (χ4n) is 2.90. The Morgan fingerprint density at radius 2 is 2.16 bits per heavy atom. The maximum atomic E-state index is 12.2. The summed E-state index contributed by atoms with van der Waals surface area (Å²) in [4.78, 5) is 22.3. The summed E-state index contributed by atoms with van der Waals surface area (Å²) in [7, 11) is 0. The molecule has 0 bridgehead atoms. The Morgan fingerprint density at radius 3 is 2.84 bits per heavy atom. The smallest absolute Gasteiger partial charge is 0.410 e. The molecule has 140 valence electrons. The number of ether oxygens (including phenoxy) is 2. The number of amides is 1. The second-order valence-corrected chi connectivity index (χ2v) is 7.93. The average Bonchev–Trinajstić information content (AvgIpc) is 2.49. The molecule has 1 amide bonds. The first-order valence-electron chi connectivity index (χ1n) is 8.85. The van der Waals surface area contributed by atoms with E-state index in [1.54, 1.807) is 6.07 Å². The Kier molecular flexibility index (Phi) is 6.87. The van der Waals surface area contributed by atoms with Gasteiger partial charge < -0.3 is 14.4 Å². The predicted octanol–water partition coefficient (Wildman–Crippen LogP) is 4.24. The maximum Gasteiger partial charge on any atom is 0.410 e. The molecule has 0 aromatic carbocycles. The van der Waals surface area contributed by atoms with Gasteiger partial charge in [0.25, 0.3) is 0 Å². The van der Waals surface area contributed by atoms with Gasteiger partial charge in [0.2, 0.25) is 0 Å². The molecule has 0 radical (unpaired) electrons. The van der Waals surface area contributed by atoms with Crippen molar-refractivity contribution in [1.29, 1.82) is 0 Å². The fourth-order valence-corrected chi connectivity index (χ4v) is 3.13. The molecular weight excluding hydrogens is 342 g/mol. The molecule has 1 fully saturated rings. The number of halogens is 1. The van der Waals surface area contributed by atoms with E-state index >= 15 is 0 Å². The van der Waals surface area contributed by atoms with Crippen molar-refractivity contribution in [3.8, 4) is 6.01 Å². The van der Waals surface area contributed by atoms with E-state index in [-0.39, 0.29) is 6.09 Å². The number of carbonyl (C=O) groups excluding carboxylic acids is 1. The van der Waals surface area contributed by atoms with Crippen molar-refractivity contribution < 1.29 is 14.3 Å². The topological polar surface area (TPSA) is 64.5 Å². The minimum absolute atomic E-state index is 0.212. The number of piperidine rings is 1. The number of nitrogens with zero attached hydrogens (tertiary/aromatic N) is 3. The Bertz CT molecular complexity index is 569. The van der Waals surface area contributed by atoms with Gasteiger partial charge in [0.05, 0.1) is 6.61 Å². The van der Waals surface area contributed by atoms with Crippen molar-refractivity contribution in [3.63, 3.8) is 0 Å². The Labute approximate surface area is 154 Å². The van der Waals surface area contributed by atoms with Crippen molar-refractivity contribution >= 4 is 17.7 Å². The van der Waals surface area contributed by atoms with Gasteiger partial charge >= 0.3 is 12.1 Å². The lowest BCUT2D eigenvalue weighted by atomic mass is 9.94. The summed E-state index contributed by atoms with van der Waals surface area (Å²) in [5.41, 5.74) is 0.336. The third kappa shape index (κ3) is 7.06. The van der Waals surface area contributed by atoms with E-state index in [0.29, 0.717) is 23.7 Å². The molecule has 1 aromatic rings. The van der Waals surface area contributed by atoms with Crippen LogP contribution < -0.4 is 4.74 Å². The number of aromatic nitrogens is 2. The molecule has 1 aliphatic rings. The van der Waals surface area contributed by atoms with E-state index in [1.165, 1.54) is 0 Å². The zero-order valence-corrected chi connectivity index (χ0v) is 16.3. The van der Waals surface area contributed by atoms with Crippen LogP contribution in [0.1, 0.15) is 52.1 Å². The van der Waals surface area contributed by atoms with Crippen LogP contribution in [0.5, 0.6) is 6.01 Å². The van der Waals surface area contributed by atoms with E-state index in [4.69, 9.17) is 21.1 Å². The first-order chi connectivity index (χ1) is 11.7. The van der Waals surface area contributed by atoms with E-state index < -0.39 is 5.60 Å². The van der Waals surface area contributed by atoms with E-state index in [1.807, 2.05) is 32.6 Å². The SMILES string of the molecule is Cc1cc(Cl)nc(OCCCC2CCCN(C(=O)OC(C)(C)C)C2)n1. The van der Waals surface area contributed by atoms with Gasteiger partial charge in [0.1, 0.15) is 10.8 Å². The number of hydrogen-bond donors (Lipinski definition) is 0. The summed E-state index contributed by atoms with van der Waals surface area (Å²) in [6.45, 7) is 9.60. The van der Waals surface area contributed by atoms with Gasteiger partial charge in [-0.3, -0.25) is 0 Å². The molecule has 0 saturated carbocycles. The number of carbonyl (C=O) groups is 1. The summed E-state index contributed by atoms with van der Waals surface area (Å²) in [6, 6.07) is 2.02. The fraction of sp³-hybridized carbons (Fsp3) is 0.722. The van der Waals surface area contributed by atoms with Crippen LogP contribution in [0.3, 0.4) is 0 Å². The highest BCUT2D eigenvalue weighted by atomic mass is 35.5. The van der Waals surface area contributed by atoms with E-state index in [2.05, 4.69) is 9.97 Å². The molecule has 25 heavy (non-hydrogen) atoms. The summed E-state index contributed by atoms with van der Waals surface area (Å²) in [5.74, 6) is 0.479. The molecule has 1 atom stereocenters. The van der Waals surface area contributed by atoms with Gasteiger partial charge in [-0.1, -0.05) is 11.6 Å². The first kappa shape index (κ1) is 19.8. The summed E-state index contributed by atoms with van der Waals surface area (Å²) < 4.78 is 11.1. The zero-order valence-electron chi connectivity index (χ0n) is 15.5. The van der Waals surface area contributed by atoms with Crippen molar-refractivity contribution in [1.82, 2.24) is 14.9 Å². The lowest BCUT2D eigenvalue weighted by Gasteiger charge is -2.34. The summed E-state index contributed by atoms with van der Waals surface area (Å²) in [5, 5.41) is 0.391. The lowest BCUT2D eigenvalue weighted by molar-refractivity contribution is 0.0159. The molecule has 0 spiro atoms. The normalized spacial score (nSPS) is 18.1. The number of rotatable bonds is 5. The molecule has 1 unspecified atom stereocenters. The highest BCUT2D eigenvalue weighted by molar-refractivity contribution is 6.29. The van der Waals surface area contributed by atoms with Crippen LogP contribution in [0.25, 0.3) is 0 Å². The molecule has 1 saturated heterocycles. The number of likely N-dealkylation sites (tertiary alicyclic amines) is 1. The highest BCUT2D eigenvalue weighted by Gasteiger charge is 2.27. The quantitative estimate of drug-likeness (QED) is 0.573. The molecule has 1 aromatic heterocycles. The molecular formula is C18H28ClN3O3. The Hall–Kier alpha value is -1.56. The minimum Gasteiger partial charge on any atom is -0.463 e. The first-order valence-corrected chi connectivity index (χ1v) is 9.22. The molecule has 0 aliphatic carbocycles. The number of aryl methyl sites for hydroxylation is 1. The highest BCUT2D eigenvalue weighted by Crippen LogP contribution is 2.23.